The van der Waals surface area contributed by atoms with E-state index in [1.165, 1.54) is 0 Å². The Morgan fingerprint density at radius 2 is 2.29 bits per heavy atom. The maximum atomic E-state index is 10.6. The van der Waals surface area contributed by atoms with Crippen molar-refractivity contribution < 1.29 is 9.53 Å². The predicted molar refractivity (Wildman–Crippen MR) is 73.0 cm³/mol. The number of aryl methyl sites for hydroxylation is 1. The summed E-state index contributed by atoms with van der Waals surface area (Å²) >= 11 is 8.32. The third kappa shape index (κ3) is 3.64. The molecule has 1 heterocycles. The lowest BCUT2D eigenvalue weighted by molar-refractivity contribution is 0.208. The Balaban J connectivity index is 2.97. The van der Waals surface area contributed by atoms with Gasteiger partial charge < -0.3 is 10.5 Å². The van der Waals surface area contributed by atoms with Crippen LogP contribution in [0.1, 0.15) is 12.6 Å². The molecule has 92 valence electrons. The Hall–Kier alpha value is -1.21. The van der Waals surface area contributed by atoms with Crippen molar-refractivity contribution in [1.82, 2.24) is 4.98 Å². The number of amides is 1. The van der Waals surface area contributed by atoms with Gasteiger partial charge in [0.2, 0.25) is 0 Å². The van der Waals surface area contributed by atoms with E-state index in [4.69, 9.17) is 18.0 Å². The van der Waals surface area contributed by atoms with Crippen molar-refractivity contribution in [3.63, 3.8) is 0 Å². The van der Waals surface area contributed by atoms with E-state index in [1.54, 1.807) is 11.0 Å². The van der Waals surface area contributed by atoms with Crippen LogP contribution in [0.4, 0.5) is 10.6 Å². The number of ether oxygens (including phenoxy) is 1. The summed E-state index contributed by atoms with van der Waals surface area (Å²) in [4.78, 5) is 16.6. The molecule has 0 spiro atoms. The number of primary amides is 1. The summed E-state index contributed by atoms with van der Waals surface area (Å²) in [7, 11) is 0. The summed E-state index contributed by atoms with van der Waals surface area (Å²) in [5.74, 6) is 0.611. The molecular weight excluding hydrogens is 306 g/mol. The van der Waals surface area contributed by atoms with Crippen molar-refractivity contribution in [2.45, 2.75) is 13.8 Å². The van der Waals surface area contributed by atoms with Gasteiger partial charge in [0.15, 0.2) is 0 Å². The molecule has 0 fully saturated rings. The van der Waals surface area contributed by atoms with Gasteiger partial charge in [-0.2, -0.15) is 0 Å². The lowest BCUT2D eigenvalue weighted by Gasteiger charge is -2.21. The molecule has 7 heteroatoms. The molecule has 0 aromatic carbocycles. The van der Waals surface area contributed by atoms with Gasteiger partial charge in [0.25, 0.3) is 5.17 Å². The maximum absolute atomic E-state index is 10.6. The SMILES string of the molecule is CCN(C(=S)OC(N)=O)c1ccc(Br)c(C)n1. The molecule has 0 saturated carbocycles. The minimum atomic E-state index is -0.928. The Morgan fingerprint density at radius 3 is 2.76 bits per heavy atom. The van der Waals surface area contributed by atoms with Crippen molar-refractivity contribution in [2.75, 3.05) is 11.4 Å². The molecule has 1 aromatic heterocycles. The van der Waals surface area contributed by atoms with Crippen molar-refractivity contribution in [3.8, 4) is 0 Å². The van der Waals surface area contributed by atoms with Gasteiger partial charge in [-0.05, 0) is 54.1 Å². The van der Waals surface area contributed by atoms with Crippen LogP contribution in [0.25, 0.3) is 0 Å². The molecule has 0 aliphatic carbocycles. The number of aromatic nitrogens is 1. The highest BCUT2D eigenvalue weighted by atomic mass is 79.9. The first-order chi connectivity index (χ1) is 7.95. The largest absolute Gasteiger partial charge is 0.411 e. The first-order valence-electron chi connectivity index (χ1n) is 4.87. The molecular formula is C10H12BrN3O2S. The molecule has 1 rings (SSSR count). The minimum Gasteiger partial charge on any atom is -0.382 e. The number of nitrogens with zero attached hydrogens (tertiary/aromatic N) is 2. The molecule has 5 nitrogen and oxygen atoms in total. The van der Waals surface area contributed by atoms with Crippen molar-refractivity contribution in [1.29, 1.82) is 0 Å². The van der Waals surface area contributed by atoms with Crippen molar-refractivity contribution in [2.24, 2.45) is 5.73 Å². The molecule has 2 N–H and O–H groups in total. The molecule has 0 unspecified atom stereocenters. The lowest BCUT2D eigenvalue weighted by atomic mass is 10.3. The number of halogens is 1. The fourth-order valence-corrected chi connectivity index (χ4v) is 1.73. The number of nitrogens with two attached hydrogens (primary N) is 1. The standard InChI is InChI=1S/C10H12BrN3O2S/c1-3-14(10(17)16-9(12)15)8-5-4-7(11)6(2)13-8/h4-5H,3H2,1-2H3,(H2,12,15). The van der Waals surface area contributed by atoms with Gasteiger partial charge in [0, 0.05) is 11.0 Å². The molecule has 0 saturated heterocycles. The van der Waals surface area contributed by atoms with Crippen LogP contribution in [0.15, 0.2) is 16.6 Å². The second kappa shape index (κ2) is 5.92. The zero-order valence-corrected chi connectivity index (χ0v) is 11.8. The molecule has 1 aromatic rings. The van der Waals surface area contributed by atoms with Crippen LogP contribution < -0.4 is 10.6 Å². The van der Waals surface area contributed by atoms with Gasteiger partial charge in [0.1, 0.15) is 5.82 Å². The number of thiocarbonyl (C=S) groups is 1. The number of carbonyl (C=O) groups is 1. The zero-order chi connectivity index (χ0) is 13.0. The summed E-state index contributed by atoms with van der Waals surface area (Å²) < 4.78 is 5.57. The molecule has 1 amide bonds. The third-order valence-electron chi connectivity index (χ3n) is 2.01. The van der Waals surface area contributed by atoms with Crippen LogP contribution in [0.2, 0.25) is 0 Å². The topological polar surface area (TPSA) is 68.5 Å². The van der Waals surface area contributed by atoms with Gasteiger partial charge in [-0.3, -0.25) is 4.90 Å². The van der Waals surface area contributed by atoms with E-state index < -0.39 is 6.09 Å². The summed E-state index contributed by atoms with van der Waals surface area (Å²) in [5.41, 5.74) is 5.74. The fourth-order valence-electron chi connectivity index (χ4n) is 1.21. The molecule has 0 aliphatic heterocycles. The highest BCUT2D eigenvalue weighted by Crippen LogP contribution is 2.19. The normalized spacial score (nSPS) is 9.82. The molecule has 17 heavy (non-hydrogen) atoms. The molecule has 0 aliphatic rings. The highest BCUT2D eigenvalue weighted by molar-refractivity contribution is 9.10. The van der Waals surface area contributed by atoms with E-state index in [1.807, 2.05) is 19.9 Å². The Labute approximate surface area is 113 Å². The van der Waals surface area contributed by atoms with Crippen LogP contribution in [0.5, 0.6) is 0 Å². The maximum Gasteiger partial charge on any atom is 0.411 e. The van der Waals surface area contributed by atoms with Crippen LogP contribution in [-0.2, 0) is 4.74 Å². The quantitative estimate of drug-likeness (QED) is 0.848. The first-order valence-corrected chi connectivity index (χ1v) is 6.07. The van der Waals surface area contributed by atoms with E-state index in [0.29, 0.717) is 12.4 Å². The number of anilines is 1. The Kier molecular flexibility index (Phi) is 4.83. The van der Waals surface area contributed by atoms with E-state index in [-0.39, 0.29) is 5.17 Å². The van der Waals surface area contributed by atoms with Crippen LogP contribution in [-0.4, -0.2) is 22.8 Å². The number of hydrogen-bond donors (Lipinski definition) is 1. The van der Waals surface area contributed by atoms with Gasteiger partial charge >= 0.3 is 6.09 Å². The van der Waals surface area contributed by atoms with Gasteiger partial charge in [-0.1, -0.05) is 0 Å². The third-order valence-corrected chi connectivity index (χ3v) is 3.15. The number of hydrogen-bond acceptors (Lipinski definition) is 4. The van der Waals surface area contributed by atoms with Gasteiger partial charge in [0.05, 0.1) is 5.69 Å². The van der Waals surface area contributed by atoms with E-state index in [9.17, 15) is 4.79 Å². The average molecular weight is 318 g/mol. The second-order valence-corrected chi connectivity index (χ2v) is 4.37. The average Bonchev–Trinajstić information content (AvgIpc) is 2.23. The van der Waals surface area contributed by atoms with E-state index >= 15 is 0 Å². The van der Waals surface area contributed by atoms with Crippen LogP contribution in [0, 0.1) is 6.92 Å². The van der Waals surface area contributed by atoms with E-state index in [2.05, 4.69) is 25.7 Å². The number of carbonyl (C=O) groups excluding carboxylic acids is 1. The highest BCUT2D eigenvalue weighted by Gasteiger charge is 2.15. The van der Waals surface area contributed by atoms with Crippen molar-refractivity contribution >= 4 is 45.2 Å². The van der Waals surface area contributed by atoms with E-state index in [0.717, 1.165) is 10.2 Å². The summed E-state index contributed by atoms with van der Waals surface area (Å²) in [5, 5.41) is -0.00535. The van der Waals surface area contributed by atoms with Gasteiger partial charge in [-0.25, -0.2) is 9.78 Å². The summed E-state index contributed by atoms with van der Waals surface area (Å²) in [6.45, 7) is 4.26. The fraction of sp³-hybridized carbons (Fsp3) is 0.300. The minimum absolute atomic E-state index is 0.00535. The lowest BCUT2D eigenvalue weighted by Crippen LogP contribution is -2.34. The number of pyridine rings is 1. The Bertz CT molecular complexity index is 453. The van der Waals surface area contributed by atoms with Crippen LogP contribution in [0.3, 0.4) is 0 Å². The molecule has 0 bridgehead atoms. The first kappa shape index (κ1) is 13.9. The predicted octanol–water partition coefficient (Wildman–Crippen LogP) is 2.36. The molecule has 0 atom stereocenters. The zero-order valence-electron chi connectivity index (χ0n) is 9.44. The Morgan fingerprint density at radius 1 is 1.65 bits per heavy atom. The number of rotatable bonds is 2. The van der Waals surface area contributed by atoms with Crippen molar-refractivity contribution in [3.05, 3.63) is 22.3 Å². The second-order valence-electron chi connectivity index (χ2n) is 3.17. The summed E-state index contributed by atoms with van der Waals surface area (Å²) in [6.07, 6.45) is -0.928. The smallest absolute Gasteiger partial charge is 0.382 e. The summed E-state index contributed by atoms with van der Waals surface area (Å²) in [6, 6.07) is 3.63. The van der Waals surface area contributed by atoms with Crippen LogP contribution >= 0.6 is 28.1 Å². The monoisotopic (exact) mass is 317 g/mol. The van der Waals surface area contributed by atoms with Gasteiger partial charge in [-0.15, -0.1) is 0 Å². The molecule has 0 radical (unpaired) electrons.